The smallest absolute Gasteiger partial charge is 0.0610 e. The van der Waals surface area contributed by atoms with Gasteiger partial charge in [-0.05, 0) is 50.5 Å². The van der Waals surface area contributed by atoms with Crippen molar-refractivity contribution in [2.75, 3.05) is 12.4 Å². The molecule has 112 valence electrons. The molecule has 1 fully saturated rings. The molecule has 0 bridgehead atoms. The molecule has 1 aliphatic carbocycles. The van der Waals surface area contributed by atoms with Crippen LogP contribution < -0.4 is 5.32 Å². The van der Waals surface area contributed by atoms with Crippen molar-refractivity contribution in [2.24, 2.45) is 0 Å². The van der Waals surface area contributed by atoms with Gasteiger partial charge in [-0.25, -0.2) is 0 Å². The summed E-state index contributed by atoms with van der Waals surface area (Å²) in [6.45, 7) is 2.35. The standard InChI is InChI=1S/C16H24ClNOS/c1-16(12-19,18-13-8-9-13)10-4-5-11-20-15-7-3-2-6-14(15)17/h2-3,6-7,13,18-19H,4-5,8-12H2,1H3. The van der Waals surface area contributed by atoms with Crippen LogP contribution in [-0.2, 0) is 0 Å². The monoisotopic (exact) mass is 313 g/mol. The summed E-state index contributed by atoms with van der Waals surface area (Å²) in [5.74, 6) is 1.08. The van der Waals surface area contributed by atoms with E-state index in [0.29, 0.717) is 6.04 Å². The Kier molecular flexibility index (Phi) is 6.21. The fraction of sp³-hybridized carbons (Fsp3) is 0.625. The average molecular weight is 314 g/mol. The van der Waals surface area contributed by atoms with Crippen LogP contribution in [0.1, 0.15) is 39.0 Å². The zero-order valence-corrected chi connectivity index (χ0v) is 13.6. The van der Waals surface area contributed by atoms with Gasteiger partial charge < -0.3 is 10.4 Å². The molecule has 2 rings (SSSR count). The molecule has 1 unspecified atom stereocenters. The minimum atomic E-state index is -0.101. The van der Waals surface area contributed by atoms with Gasteiger partial charge in [0.25, 0.3) is 0 Å². The first-order valence-corrected chi connectivity index (χ1v) is 8.75. The van der Waals surface area contributed by atoms with Crippen molar-refractivity contribution in [3.63, 3.8) is 0 Å². The molecular weight excluding hydrogens is 290 g/mol. The predicted octanol–water partition coefficient (Wildman–Crippen LogP) is 4.11. The first-order valence-electron chi connectivity index (χ1n) is 7.39. The number of benzene rings is 1. The van der Waals surface area contributed by atoms with Crippen molar-refractivity contribution in [3.8, 4) is 0 Å². The van der Waals surface area contributed by atoms with E-state index in [2.05, 4.69) is 18.3 Å². The highest BCUT2D eigenvalue weighted by atomic mass is 35.5. The quantitative estimate of drug-likeness (QED) is 0.531. The highest BCUT2D eigenvalue weighted by Gasteiger charge is 2.31. The summed E-state index contributed by atoms with van der Waals surface area (Å²) in [4.78, 5) is 1.16. The normalized spacial score (nSPS) is 17.9. The van der Waals surface area contributed by atoms with Crippen LogP contribution in [0.5, 0.6) is 0 Å². The molecule has 0 saturated heterocycles. The van der Waals surface area contributed by atoms with Crippen LogP contribution in [0, 0.1) is 0 Å². The molecule has 2 N–H and O–H groups in total. The van der Waals surface area contributed by atoms with Crippen LogP contribution in [0.2, 0.25) is 5.02 Å². The number of unbranched alkanes of at least 4 members (excludes halogenated alkanes) is 1. The number of nitrogens with one attached hydrogen (secondary N) is 1. The third-order valence-electron chi connectivity index (χ3n) is 3.70. The van der Waals surface area contributed by atoms with Crippen molar-refractivity contribution < 1.29 is 5.11 Å². The van der Waals surface area contributed by atoms with Crippen molar-refractivity contribution in [3.05, 3.63) is 29.3 Å². The number of aliphatic hydroxyl groups excluding tert-OH is 1. The number of rotatable bonds is 9. The lowest BCUT2D eigenvalue weighted by molar-refractivity contribution is 0.161. The van der Waals surface area contributed by atoms with Gasteiger partial charge in [-0.1, -0.05) is 30.2 Å². The first-order chi connectivity index (χ1) is 9.63. The SMILES string of the molecule is CC(CO)(CCCCSc1ccccc1Cl)NC1CC1. The van der Waals surface area contributed by atoms with E-state index in [1.54, 1.807) is 0 Å². The van der Waals surface area contributed by atoms with E-state index < -0.39 is 0 Å². The lowest BCUT2D eigenvalue weighted by Crippen LogP contribution is -2.46. The topological polar surface area (TPSA) is 32.3 Å². The maximum absolute atomic E-state index is 9.55. The highest BCUT2D eigenvalue weighted by Crippen LogP contribution is 2.28. The van der Waals surface area contributed by atoms with Crippen molar-refractivity contribution >= 4 is 23.4 Å². The molecule has 20 heavy (non-hydrogen) atoms. The maximum Gasteiger partial charge on any atom is 0.0610 e. The van der Waals surface area contributed by atoms with Crippen LogP contribution in [0.15, 0.2) is 29.2 Å². The van der Waals surface area contributed by atoms with Crippen LogP contribution in [-0.4, -0.2) is 29.0 Å². The Morgan fingerprint density at radius 2 is 2.10 bits per heavy atom. The molecule has 1 saturated carbocycles. The molecule has 1 aromatic rings. The Hall–Kier alpha value is -0.220. The molecule has 0 aliphatic heterocycles. The molecule has 0 radical (unpaired) electrons. The average Bonchev–Trinajstić information content (AvgIpc) is 3.24. The van der Waals surface area contributed by atoms with Gasteiger partial charge in [0.15, 0.2) is 0 Å². The molecular formula is C16H24ClNOS. The van der Waals surface area contributed by atoms with Gasteiger partial charge in [-0.3, -0.25) is 0 Å². The van der Waals surface area contributed by atoms with Gasteiger partial charge in [0.05, 0.1) is 11.6 Å². The van der Waals surface area contributed by atoms with Gasteiger partial charge in [0.2, 0.25) is 0 Å². The largest absolute Gasteiger partial charge is 0.394 e. The Bertz CT molecular complexity index is 425. The summed E-state index contributed by atoms with van der Waals surface area (Å²) in [6.07, 6.45) is 5.84. The molecule has 1 aliphatic rings. The van der Waals surface area contributed by atoms with E-state index in [1.807, 2.05) is 30.0 Å². The molecule has 4 heteroatoms. The van der Waals surface area contributed by atoms with Gasteiger partial charge in [-0.15, -0.1) is 11.8 Å². The summed E-state index contributed by atoms with van der Waals surface area (Å²) in [7, 11) is 0. The first kappa shape index (κ1) is 16.2. The second-order valence-electron chi connectivity index (χ2n) is 5.87. The van der Waals surface area contributed by atoms with E-state index in [1.165, 1.54) is 12.8 Å². The molecule has 0 spiro atoms. The molecule has 1 atom stereocenters. The van der Waals surface area contributed by atoms with E-state index >= 15 is 0 Å². The number of halogens is 1. The van der Waals surface area contributed by atoms with Gasteiger partial charge >= 0.3 is 0 Å². The van der Waals surface area contributed by atoms with Crippen molar-refractivity contribution in [1.82, 2.24) is 5.32 Å². The van der Waals surface area contributed by atoms with Gasteiger partial charge in [-0.2, -0.15) is 0 Å². The van der Waals surface area contributed by atoms with Gasteiger partial charge in [0, 0.05) is 16.5 Å². The Morgan fingerprint density at radius 1 is 1.35 bits per heavy atom. The van der Waals surface area contributed by atoms with E-state index in [0.717, 1.165) is 34.9 Å². The zero-order valence-electron chi connectivity index (χ0n) is 12.1. The summed E-state index contributed by atoms with van der Waals surface area (Å²) in [5, 5.41) is 13.9. The second-order valence-corrected chi connectivity index (χ2v) is 7.42. The van der Waals surface area contributed by atoms with Crippen molar-refractivity contribution in [2.45, 2.75) is 55.5 Å². The van der Waals surface area contributed by atoms with Gasteiger partial charge in [0.1, 0.15) is 0 Å². The van der Waals surface area contributed by atoms with E-state index in [4.69, 9.17) is 11.6 Å². The number of thioether (sulfide) groups is 1. The minimum Gasteiger partial charge on any atom is -0.394 e. The molecule has 0 heterocycles. The summed E-state index contributed by atoms with van der Waals surface area (Å²) < 4.78 is 0. The molecule has 0 amide bonds. The number of aliphatic hydroxyl groups is 1. The molecule has 0 aromatic heterocycles. The third kappa shape index (κ3) is 5.28. The Morgan fingerprint density at radius 3 is 2.75 bits per heavy atom. The van der Waals surface area contributed by atoms with Crippen LogP contribution in [0.4, 0.5) is 0 Å². The fourth-order valence-electron chi connectivity index (χ4n) is 2.28. The zero-order chi connectivity index (χ0) is 14.4. The minimum absolute atomic E-state index is 0.101. The Labute approximate surface area is 131 Å². The summed E-state index contributed by atoms with van der Waals surface area (Å²) in [5.41, 5.74) is -0.101. The van der Waals surface area contributed by atoms with Crippen LogP contribution in [0.3, 0.4) is 0 Å². The second kappa shape index (κ2) is 7.69. The maximum atomic E-state index is 9.55. The Balaban J connectivity index is 1.64. The van der Waals surface area contributed by atoms with E-state index in [-0.39, 0.29) is 12.1 Å². The summed E-state index contributed by atoms with van der Waals surface area (Å²) in [6, 6.07) is 8.63. The van der Waals surface area contributed by atoms with E-state index in [9.17, 15) is 5.11 Å². The molecule has 2 nitrogen and oxygen atoms in total. The fourth-order valence-corrected chi connectivity index (χ4v) is 3.53. The number of hydrogen-bond donors (Lipinski definition) is 2. The van der Waals surface area contributed by atoms with Crippen LogP contribution >= 0.6 is 23.4 Å². The van der Waals surface area contributed by atoms with Crippen molar-refractivity contribution in [1.29, 1.82) is 0 Å². The number of hydrogen-bond acceptors (Lipinski definition) is 3. The summed E-state index contributed by atoms with van der Waals surface area (Å²) >= 11 is 7.95. The molecule has 1 aromatic carbocycles. The highest BCUT2D eigenvalue weighted by molar-refractivity contribution is 7.99. The predicted molar refractivity (Wildman–Crippen MR) is 87.7 cm³/mol. The lowest BCUT2D eigenvalue weighted by atomic mass is 9.96. The lowest BCUT2D eigenvalue weighted by Gasteiger charge is -2.29. The third-order valence-corrected chi connectivity index (χ3v) is 5.30. The van der Waals surface area contributed by atoms with Crippen LogP contribution in [0.25, 0.3) is 0 Å².